The summed E-state index contributed by atoms with van der Waals surface area (Å²) in [5.41, 5.74) is 20.5. The molecule has 8 nitrogen and oxygen atoms in total. The lowest BCUT2D eigenvalue weighted by atomic mass is 9.72. The highest BCUT2D eigenvalue weighted by Gasteiger charge is 2.47. The maximum Gasteiger partial charge on any atom is 0.407 e. The molecule has 6 N–H and O–H groups in total. The van der Waals surface area contributed by atoms with Crippen LogP contribution in [0.2, 0.25) is 0 Å². The van der Waals surface area contributed by atoms with Gasteiger partial charge in [0.1, 0.15) is 0 Å². The van der Waals surface area contributed by atoms with E-state index in [0.717, 1.165) is 0 Å². The van der Waals surface area contributed by atoms with Crippen molar-refractivity contribution >= 4 is 12.2 Å². The second-order valence-corrected chi connectivity index (χ2v) is 13.2. The van der Waals surface area contributed by atoms with Crippen LogP contribution in [0.4, 0.5) is 9.59 Å². The third kappa shape index (κ3) is 6.42. The monoisotopic (exact) mass is 646 g/mol. The van der Waals surface area contributed by atoms with Gasteiger partial charge in [0.15, 0.2) is 0 Å². The molecule has 4 aromatic rings. The van der Waals surface area contributed by atoms with E-state index in [1.807, 2.05) is 0 Å². The third-order valence-electron chi connectivity index (χ3n) is 10.5. The molecular formula is C40H46N4O4. The summed E-state index contributed by atoms with van der Waals surface area (Å²) in [5, 5.41) is 21.1. The summed E-state index contributed by atoms with van der Waals surface area (Å²) in [6, 6.07) is 33.8. The van der Waals surface area contributed by atoms with Crippen molar-refractivity contribution in [3.8, 4) is 22.3 Å². The second kappa shape index (κ2) is 14.6. The van der Waals surface area contributed by atoms with Crippen LogP contribution >= 0.6 is 0 Å². The molecule has 6 rings (SSSR count). The van der Waals surface area contributed by atoms with E-state index in [0.29, 0.717) is 71.2 Å². The largest absolute Gasteiger partial charge is 0.465 e. The van der Waals surface area contributed by atoms with Crippen molar-refractivity contribution in [1.82, 2.24) is 9.80 Å². The molecule has 2 amide bonds. The zero-order valence-corrected chi connectivity index (χ0v) is 27.4. The van der Waals surface area contributed by atoms with E-state index in [1.54, 1.807) is 4.90 Å². The molecule has 0 heterocycles. The Hall–Kier alpha value is -4.66. The first-order valence-corrected chi connectivity index (χ1v) is 17.1. The lowest BCUT2D eigenvalue weighted by Crippen LogP contribution is -2.54. The first-order chi connectivity index (χ1) is 23.4. The van der Waals surface area contributed by atoms with E-state index in [4.69, 9.17) is 11.5 Å². The Kier molecular flexibility index (Phi) is 10.1. The Morgan fingerprint density at radius 3 is 1.31 bits per heavy atom. The van der Waals surface area contributed by atoms with E-state index in [2.05, 4.69) is 97.1 Å². The van der Waals surface area contributed by atoms with Gasteiger partial charge in [0.05, 0.1) is 0 Å². The van der Waals surface area contributed by atoms with Gasteiger partial charge in [-0.25, -0.2) is 9.59 Å². The number of amides is 2. The van der Waals surface area contributed by atoms with Gasteiger partial charge in [-0.3, -0.25) is 0 Å². The van der Waals surface area contributed by atoms with Crippen molar-refractivity contribution in [1.29, 1.82) is 0 Å². The van der Waals surface area contributed by atoms with Crippen molar-refractivity contribution in [3.63, 3.8) is 0 Å². The zero-order chi connectivity index (χ0) is 33.7. The molecule has 0 radical (unpaired) electrons. The Morgan fingerprint density at radius 1 is 0.562 bits per heavy atom. The molecule has 0 unspecified atom stereocenters. The van der Waals surface area contributed by atoms with Crippen LogP contribution in [0.3, 0.4) is 0 Å². The van der Waals surface area contributed by atoms with E-state index < -0.39 is 17.7 Å². The van der Waals surface area contributed by atoms with Crippen LogP contribution in [0.1, 0.15) is 72.6 Å². The molecule has 0 saturated heterocycles. The van der Waals surface area contributed by atoms with Crippen LogP contribution in [0.25, 0.3) is 22.3 Å². The smallest absolute Gasteiger partial charge is 0.407 e. The first kappa shape index (κ1) is 33.2. The van der Waals surface area contributed by atoms with Crippen LogP contribution in [-0.2, 0) is 0 Å². The molecule has 0 atom stereocenters. The second-order valence-electron chi connectivity index (χ2n) is 13.2. The van der Waals surface area contributed by atoms with Crippen molar-refractivity contribution in [2.24, 2.45) is 11.5 Å². The Labute approximate surface area is 283 Å². The first-order valence-electron chi connectivity index (χ1n) is 17.1. The van der Waals surface area contributed by atoms with Gasteiger partial charge >= 0.3 is 12.2 Å². The maximum atomic E-state index is 13.5. The summed E-state index contributed by atoms with van der Waals surface area (Å²) < 4.78 is 0. The lowest BCUT2D eigenvalue weighted by molar-refractivity contribution is 0.0475. The average Bonchev–Trinajstić information content (AvgIpc) is 3.58. The number of rotatable bonds is 15. The molecule has 0 spiro atoms. The Balaban J connectivity index is 1.49. The van der Waals surface area contributed by atoms with Crippen molar-refractivity contribution in [2.75, 3.05) is 32.7 Å². The summed E-state index contributed by atoms with van der Waals surface area (Å²) in [6.07, 6.45) is 1.28. The van der Waals surface area contributed by atoms with E-state index in [1.165, 1.54) is 49.4 Å². The number of carboxylic acid groups (broad SMARTS) is 2. The number of fused-ring (bicyclic) bond motifs is 6. The molecule has 0 bridgehead atoms. The molecule has 250 valence electrons. The molecule has 8 heteroatoms. The number of hydrogen-bond donors (Lipinski definition) is 4. The molecule has 2 aliphatic carbocycles. The van der Waals surface area contributed by atoms with Gasteiger partial charge in [-0.2, -0.15) is 0 Å². The van der Waals surface area contributed by atoms with Crippen LogP contribution < -0.4 is 11.5 Å². The normalized spacial score (nSPS) is 13.5. The third-order valence-corrected chi connectivity index (χ3v) is 10.5. The van der Waals surface area contributed by atoms with Gasteiger partial charge in [-0.15, -0.1) is 0 Å². The molecule has 0 aliphatic heterocycles. The molecule has 0 aromatic heterocycles. The standard InChI is InChI=1S/C40H46N4O4/c41-21-10-24-43(38(45)46)23-9-20-40(44(39(47)48)25-11-22-42,26-36-32-16-5-1-12-28(32)29-13-2-6-17-33(29)36)27-37-34-18-7-3-14-30(34)31-15-4-8-19-35(31)37/h1-8,12-19,36-37H,9-11,20-27,41-42H2,(H,45,46)(H,47,48). The Morgan fingerprint density at radius 2 is 0.938 bits per heavy atom. The summed E-state index contributed by atoms with van der Waals surface area (Å²) in [4.78, 5) is 28.8. The average molecular weight is 647 g/mol. The quantitative estimate of drug-likeness (QED) is 0.105. The minimum absolute atomic E-state index is 0.0307. The number of benzene rings is 4. The fraction of sp³-hybridized carbons (Fsp3) is 0.350. The number of nitrogens with two attached hydrogens (primary N) is 2. The lowest BCUT2D eigenvalue weighted by Gasteiger charge is -2.46. The predicted octanol–water partition coefficient (Wildman–Crippen LogP) is 7.57. The van der Waals surface area contributed by atoms with Crippen LogP contribution in [0.5, 0.6) is 0 Å². The van der Waals surface area contributed by atoms with Gasteiger partial charge in [-0.05, 0) is 96.1 Å². The molecule has 0 saturated carbocycles. The molecule has 0 fully saturated rings. The fourth-order valence-corrected chi connectivity index (χ4v) is 8.33. The van der Waals surface area contributed by atoms with Crippen LogP contribution in [0.15, 0.2) is 97.1 Å². The Bertz CT molecular complexity index is 1570. The van der Waals surface area contributed by atoms with Crippen molar-refractivity contribution in [3.05, 3.63) is 119 Å². The van der Waals surface area contributed by atoms with E-state index >= 15 is 0 Å². The SMILES string of the molecule is NCCCN(CCCC(CC1c2ccccc2-c2ccccc21)(CC1c2ccccc2-c2ccccc21)N(CCCN)C(=O)O)C(=O)O. The predicted molar refractivity (Wildman–Crippen MR) is 190 cm³/mol. The highest BCUT2D eigenvalue weighted by Crippen LogP contribution is 2.54. The molecule has 4 aromatic carbocycles. The summed E-state index contributed by atoms with van der Waals surface area (Å²) >= 11 is 0. The van der Waals surface area contributed by atoms with E-state index in [-0.39, 0.29) is 11.8 Å². The van der Waals surface area contributed by atoms with Crippen molar-refractivity contribution < 1.29 is 19.8 Å². The molecule has 2 aliphatic rings. The summed E-state index contributed by atoms with van der Waals surface area (Å²) in [7, 11) is 0. The number of hydrogen-bond acceptors (Lipinski definition) is 4. The van der Waals surface area contributed by atoms with Crippen molar-refractivity contribution in [2.45, 2.75) is 55.9 Å². The summed E-state index contributed by atoms with van der Waals surface area (Å²) in [6.45, 7) is 1.72. The molecular weight excluding hydrogens is 600 g/mol. The maximum absolute atomic E-state index is 13.5. The highest BCUT2D eigenvalue weighted by molar-refractivity contribution is 5.80. The van der Waals surface area contributed by atoms with Gasteiger partial charge in [-0.1, -0.05) is 97.1 Å². The van der Waals surface area contributed by atoms with Gasteiger partial charge in [0.25, 0.3) is 0 Å². The summed E-state index contributed by atoms with van der Waals surface area (Å²) in [5.74, 6) is -0.0614. The highest BCUT2D eigenvalue weighted by atomic mass is 16.4. The van der Waals surface area contributed by atoms with Gasteiger partial charge < -0.3 is 31.5 Å². The van der Waals surface area contributed by atoms with Crippen LogP contribution in [-0.4, -0.2) is 70.5 Å². The van der Waals surface area contributed by atoms with Crippen LogP contribution in [0, 0.1) is 0 Å². The van der Waals surface area contributed by atoms with Gasteiger partial charge in [0.2, 0.25) is 0 Å². The zero-order valence-electron chi connectivity index (χ0n) is 27.4. The molecule has 48 heavy (non-hydrogen) atoms. The number of nitrogens with zero attached hydrogens (tertiary/aromatic N) is 2. The number of carbonyl (C=O) groups is 2. The van der Waals surface area contributed by atoms with E-state index in [9.17, 15) is 19.8 Å². The van der Waals surface area contributed by atoms with Gasteiger partial charge in [0, 0.05) is 37.0 Å². The minimum atomic E-state index is -0.982. The minimum Gasteiger partial charge on any atom is -0.465 e. The topological polar surface area (TPSA) is 133 Å². The fourth-order valence-electron chi connectivity index (χ4n) is 8.33.